The zero-order valence-electron chi connectivity index (χ0n) is 15.5. The molecule has 0 aromatic heterocycles. The highest BCUT2D eigenvalue weighted by atomic mass is 32.2. The van der Waals surface area contributed by atoms with Crippen molar-refractivity contribution in [1.29, 1.82) is 0 Å². The second kappa shape index (κ2) is 7.31. The van der Waals surface area contributed by atoms with Crippen LogP contribution in [0.15, 0.2) is 29.3 Å². The molecule has 0 spiro atoms. The molecule has 6 heteroatoms. The van der Waals surface area contributed by atoms with Crippen LogP contribution in [0.1, 0.15) is 52.0 Å². The predicted octanol–water partition coefficient (Wildman–Crippen LogP) is 4.06. The molecule has 26 heavy (non-hydrogen) atoms. The van der Waals surface area contributed by atoms with E-state index in [1.165, 1.54) is 17.8 Å². The van der Waals surface area contributed by atoms with Crippen LogP contribution < -0.4 is 0 Å². The Morgan fingerprint density at radius 1 is 1.42 bits per heavy atom. The standard InChI is InChI=1S/C20H26FNO3S/c1-19(2,3)25-18(24)11-17-22-20(15-6-4-5-7-16(15)21)9-8-14(23)10-13(20)12-26-17/h4-7,13-14,23H,8-12H2,1-3H3/t13-,14?,20-/m0/s1. The van der Waals surface area contributed by atoms with Gasteiger partial charge in [-0.25, -0.2) is 4.39 Å². The summed E-state index contributed by atoms with van der Waals surface area (Å²) in [7, 11) is 0. The fourth-order valence-corrected chi connectivity index (χ4v) is 5.11. The monoisotopic (exact) mass is 379 g/mol. The number of hydrogen-bond donors (Lipinski definition) is 1. The first-order chi connectivity index (χ1) is 12.2. The van der Waals surface area contributed by atoms with E-state index in [9.17, 15) is 14.3 Å². The number of nitrogens with zero attached hydrogens (tertiary/aromatic N) is 1. The van der Waals surface area contributed by atoms with Gasteiger partial charge in [0.15, 0.2) is 0 Å². The highest BCUT2D eigenvalue weighted by molar-refractivity contribution is 8.14. The molecule has 1 unspecified atom stereocenters. The first kappa shape index (κ1) is 19.4. The fraction of sp³-hybridized carbons (Fsp3) is 0.600. The van der Waals surface area contributed by atoms with E-state index in [1.54, 1.807) is 12.1 Å². The molecule has 3 atom stereocenters. The molecule has 1 saturated carbocycles. The Bertz CT molecular complexity index is 715. The number of carbonyl (C=O) groups excluding carboxylic acids is 1. The minimum absolute atomic E-state index is 0.0514. The summed E-state index contributed by atoms with van der Waals surface area (Å²) < 4.78 is 20.0. The van der Waals surface area contributed by atoms with Crippen LogP contribution in [0.3, 0.4) is 0 Å². The van der Waals surface area contributed by atoms with E-state index in [0.29, 0.717) is 35.6 Å². The first-order valence-corrected chi connectivity index (χ1v) is 10.0. The first-order valence-electron chi connectivity index (χ1n) is 9.06. The maximum Gasteiger partial charge on any atom is 0.312 e. The Hall–Kier alpha value is -1.40. The van der Waals surface area contributed by atoms with Gasteiger partial charge in [-0.1, -0.05) is 18.2 Å². The topological polar surface area (TPSA) is 58.9 Å². The minimum atomic E-state index is -0.701. The van der Waals surface area contributed by atoms with Gasteiger partial charge < -0.3 is 9.84 Å². The molecule has 142 valence electrons. The quantitative estimate of drug-likeness (QED) is 0.805. The summed E-state index contributed by atoms with van der Waals surface area (Å²) in [5.41, 5.74) is -0.677. The van der Waals surface area contributed by atoms with Gasteiger partial charge in [-0.2, -0.15) is 0 Å². The van der Waals surface area contributed by atoms with E-state index in [0.717, 1.165) is 0 Å². The number of aliphatic hydroxyl groups is 1. The molecule has 1 fully saturated rings. The lowest BCUT2D eigenvalue weighted by molar-refractivity contribution is -0.153. The molecule has 0 bridgehead atoms. The van der Waals surface area contributed by atoms with E-state index >= 15 is 0 Å². The van der Waals surface area contributed by atoms with Crippen molar-refractivity contribution >= 4 is 22.8 Å². The summed E-state index contributed by atoms with van der Waals surface area (Å²) in [6.45, 7) is 5.50. The van der Waals surface area contributed by atoms with Crippen LogP contribution in [0.25, 0.3) is 0 Å². The molecule has 1 heterocycles. The van der Waals surface area contributed by atoms with Gasteiger partial charge >= 0.3 is 5.97 Å². The summed E-state index contributed by atoms with van der Waals surface area (Å²) in [4.78, 5) is 17.1. The second-order valence-corrected chi connectivity index (χ2v) is 9.20. The van der Waals surface area contributed by atoms with Gasteiger partial charge in [0, 0.05) is 17.2 Å². The number of rotatable bonds is 3. The minimum Gasteiger partial charge on any atom is -0.460 e. The van der Waals surface area contributed by atoms with Crippen molar-refractivity contribution in [3.63, 3.8) is 0 Å². The third-order valence-electron chi connectivity index (χ3n) is 4.92. The van der Waals surface area contributed by atoms with Crippen molar-refractivity contribution in [1.82, 2.24) is 0 Å². The van der Waals surface area contributed by atoms with Crippen molar-refractivity contribution in [2.75, 3.05) is 5.75 Å². The number of hydrogen-bond acceptors (Lipinski definition) is 5. The Labute approximate surface area is 158 Å². The molecular weight excluding hydrogens is 353 g/mol. The molecule has 1 aliphatic heterocycles. The SMILES string of the molecule is CC(C)(C)OC(=O)CC1=N[C@@]2(c3ccccc3F)CCC(O)C[C@H]2CS1. The maximum absolute atomic E-state index is 14.6. The fourth-order valence-electron chi connectivity index (χ4n) is 3.86. The normalized spacial score (nSPS) is 28.9. The van der Waals surface area contributed by atoms with Gasteiger partial charge in [0.1, 0.15) is 11.4 Å². The number of halogens is 1. The smallest absolute Gasteiger partial charge is 0.312 e. The number of esters is 1. The third-order valence-corrected chi connectivity index (χ3v) is 6.06. The molecule has 0 radical (unpaired) electrons. The summed E-state index contributed by atoms with van der Waals surface area (Å²) in [5.74, 6) is 0.172. The zero-order chi connectivity index (χ0) is 18.9. The van der Waals surface area contributed by atoms with Crippen molar-refractivity contribution in [2.24, 2.45) is 10.9 Å². The van der Waals surface area contributed by atoms with Crippen molar-refractivity contribution in [2.45, 2.75) is 63.7 Å². The van der Waals surface area contributed by atoms with Crippen molar-refractivity contribution in [3.05, 3.63) is 35.6 Å². The molecule has 1 aromatic rings. The van der Waals surface area contributed by atoms with Crippen LogP contribution in [0.2, 0.25) is 0 Å². The second-order valence-electron chi connectivity index (χ2n) is 8.11. The number of aliphatic hydroxyl groups excluding tert-OH is 1. The highest BCUT2D eigenvalue weighted by Crippen LogP contribution is 2.50. The van der Waals surface area contributed by atoms with E-state index in [1.807, 2.05) is 26.8 Å². The van der Waals surface area contributed by atoms with E-state index in [-0.39, 0.29) is 30.2 Å². The number of thioether (sulfide) groups is 1. The number of carbonyl (C=O) groups is 1. The predicted molar refractivity (Wildman–Crippen MR) is 102 cm³/mol. The molecule has 3 rings (SSSR count). The molecule has 4 nitrogen and oxygen atoms in total. The maximum atomic E-state index is 14.6. The summed E-state index contributed by atoms with van der Waals surface area (Å²) in [6, 6.07) is 6.73. The molecule has 2 aliphatic rings. The average molecular weight is 379 g/mol. The lowest BCUT2D eigenvalue weighted by Gasteiger charge is -2.46. The highest BCUT2D eigenvalue weighted by Gasteiger charge is 2.48. The van der Waals surface area contributed by atoms with Crippen LogP contribution in [-0.4, -0.2) is 33.6 Å². The molecular formula is C20H26FNO3S. The van der Waals surface area contributed by atoms with E-state index in [4.69, 9.17) is 9.73 Å². The zero-order valence-corrected chi connectivity index (χ0v) is 16.3. The van der Waals surface area contributed by atoms with Gasteiger partial charge in [-0.05, 0) is 46.1 Å². The Morgan fingerprint density at radius 2 is 2.15 bits per heavy atom. The van der Waals surface area contributed by atoms with Crippen molar-refractivity contribution in [3.8, 4) is 0 Å². The van der Waals surface area contributed by atoms with Gasteiger partial charge in [-0.15, -0.1) is 11.8 Å². The molecule has 1 N–H and O–H groups in total. The Balaban J connectivity index is 1.93. The lowest BCUT2D eigenvalue weighted by atomic mass is 9.68. The van der Waals surface area contributed by atoms with E-state index < -0.39 is 11.1 Å². The van der Waals surface area contributed by atoms with Gasteiger partial charge in [0.25, 0.3) is 0 Å². The lowest BCUT2D eigenvalue weighted by Crippen LogP contribution is -2.45. The number of ether oxygens (including phenoxy) is 1. The summed E-state index contributed by atoms with van der Waals surface area (Å²) in [6.07, 6.45) is 1.50. The Morgan fingerprint density at radius 3 is 2.85 bits per heavy atom. The number of fused-ring (bicyclic) bond motifs is 1. The molecule has 0 amide bonds. The van der Waals surface area contributed by atoms with Gasteiger partial charge in [-0.3, -0.25) is 9.79 Å². The van der Waals surface area contributed by atoms with Crippen molar-refractivity contribution < 1.29 is 19.0 Å². The molecule has 1 aliphatic carbocycles. The van der Waals surface area contributed by atoms with Gasteiger partial charge in [0.05, 0.1) is 23.1 Å². The van der Waals surface area contributed by atoms with Crippen LogP contribution in [-0.2, 0) is 15.1 Å². The van der Waals surface area contributed by atoms with Gasteiger partial charge in [0.2, 0.25) is 0 Å². The third kappa shape index (κ3) is 4.12. The average Bonchev–Trinajstić information content (AvgIpc) is 2.53. The Kier molecular flexibility index (Phi) is 5.45. The van der Waals surface area contributed by atoms with Crippen LogP contribution >= 0.6 is 11.8 Å². The van der Waals surface area contributed by atoms with Crippen LogP contribution in [0.4, 0.5) is 4.39 Å². The molecule has 0 saturated heterocycles. The largest absolute Gasteiger partial charge is 0.460 e. The van der Waals surface area contributed by atoms with Crippen LogP contribution in [0.5, 0.6) is 0 Å². The number of aliphatic imine (C=N–C) groups is 1. The molecule has 1 aromatic carbocycles. The number of benzene rings is 1. The van der Waals surface area contributed by atoms with E-state index in [2.05, 4.69) is 0 Å². The summed E-state index contributed by atoms with van der Waals surface area (Å²) in [5, 5.41) is 10.8. The van der Waals surface area contributed by atoms with Crippen LogP contribution in [0, 0.1) is 11.7 Å². The summed E-state index contributed by atoms with van der Waals surface area (Å²) >= 11 is 1.52.